The van der Waals surface area contributed by atoms with Crippen LogP contribution in [0.4, 0.5) is 0 Å². The van der Waals surface area contributed by atoms with Crippen molar-refractivity contribution >= 4 is 16.8 Å². The smallest absolute Gasteiger partial charge is 0.289 e. The first kappa shape index (κ1) is 15.7. The number of nitrogen functional groups attached to an aromatic ring is 1. The van der Waals surface area contributed by atoms with Gasteiger partial charge in [0.2, 0.25) is 0 Å². The molecule has 4 rings (SSSR count). The zero-order chi connectivity index (χ0) is 18.1. The third kappa shape index (κ3) is 2.45. The number of fused-ring (bicyclic) bond motifs is 1. The minimum atomic E-state index is -0.604. The Morgan fingerprint density at radius 3 is 2.08 bits per heavy atom. The average Bonchev–Trinajstić information content (AvgIpc) is 3.15. The number of hydrogen-bond donors (Lipinski definition) is 2. The summed E-state index contributed by atoms with van der Waals surface area (Å²) >= 11 is 0. The topological polar surface area (TPSA) is 108 Å². The summed E-state index contributed by atoms with van der Waals surface area (Å²) < 4.78 is 2.67. The van der Waals surface area contributed by atoms with Gasteiger partial charge in [0.25, 0.3) is 11.5 Å². The van der Waals surface area contributed by atoms with E-state index in [1.165, 1.54) is 15.6 Å². The van der Waals surface area contributed by atoms with Crippen LogP contribution < -0.4 is 16.8 Å². The first-order valence-electron chi connectivity index (χ1n) is 7.83. The predicted molar refractivity (Wildman–Crippen MR) is 96.1 cm³/mol. The van der Waals surface area contributed by atoms with Crippen molar-refractivity contribution in [3.05, 3.63) is 82.9 Å². The SMILES string of the molecule is NNC(=O)c1nn(-c2ccccc2)c(=O)c2c1cnn2-c1ccccc1. The number of rotatable bonds is 3. The number of benzene rings is 2. The Kier molecular flexibility index (Phi) is 3.79. The van der Waals surface area contributed by atoms with Crippen LogP contribution in [0.5, 0.6) is 0 Å². The maximum atomic E-state index is 13.1. The first-order valence-corrected chi connectivity index (χ1v) is 7.83. The standard InChI is InChI=1S/C18H14N6O2/c19-21-17(25)15-14-11-20-23(12-7-3-1-4-8-12)16(14)18(26)24(22-15)13-9-5-2-6-10-13/h1-11H,19H2,(H,21,25). The summed E-state index contributed by atoms with van der Waals surface area (Å²) in [6, 6.07) is 18.0. The lowest BCUT2D eigenvalue weighted by Gasteiger charge is -2.09. The third-order valence-corrected chi connectivity index (χ3v) is 3.97. The molecular formula is C18H14N6O2. The second-order valence-electron chi connectivity index (χ2n) is 5.53. The highest BCUT2D eigenvalue weighted by Crippen LogP contribution is 2.18. The summed E-state index contributed by atoms with van der Waals surface area (Å²) in [5.74, 6) is 4.68. The molecule has 2 heterocycles. The molecule has 0 spiro atoms. The number of nitrogens with one attached hydrogen (secondary N) is 1. The third-order valence-electron chi connectivity index (χ3n) is 3.97. The molecule has 8 nitrogen and oxygen atoms in total. The molecule has 1 amide bonds. The predicted octanol–water partition coefficient (Wildman–Crippen LogP) is 1.17. The molecule has 26 heavy (non-hydrogen) atoms. The van der Waals surface area contributed by atoms with Crippen LogP contribution in [0.25, 0.3) is 22.3 Å². The van der Waals surface area contributed by atoms with E-state index in [1.807, 2.05) is 36.4 Å². The van der Waals surface area contributed by atoms with E-state index < -0.39 is 5.91 Å². The van der Waals surface area contributed by atoms with E-state index in [1.54, 1.807) is 24.3 Å². The molecule has 0 aliphatic carbocycles. The molecule has 128 valence electrons. The number of hydrogen-bond acceptors (Lipinski definition) is 5. The number of nitrogens with zero attached hydrogens (tertiary/aromatic N) is 4. The molecule has 0 atom stereocenters. The van der Waals surface area contributed by atoms with Crippen LogP contribution in [-0.4, -0.2) is 25.5 Å². The molecule has 0 unspecified atom stereocenters. The summed E-state index contributed by atoms with van der Waals surface area (Å²) in [7, 11) is 0. The van der Waals surface area contributed by atoms with E-state index in [2.05, 4.69) is 15.6 Å². The van der Waals surface area contributed by atoms with Gasteiger partial charge in [-0.25, -0.2) is 10.5 Å². The van der Waals surface area contributed by atoms with Crippen LogP contribution in [0, 0.1) is 0 Å². The number of nitrogens with two attached hydrogens (primary N) is 1. The Hall–Kier alpha value is -3.78. The van der Waals surface area contributed by atoms with Crippen LogP contribution in [-0.2, 0) is 0 Å². The monoisotopic (exact) mass is 346 g/mol. The fraction of sp³-hybridized carbons (Fsp3) is 0. The van der Waals surface area contributed by atoms with Crippen molar-refractivity contribution in [3.63, 3.8) is 0 Å². The van der Waals surface area contributed by atoms with E-state index in [4.69, 9.17) is 5.84 Å². The molecule has 0 aliphatic heterocycles. The molecule has 0 aliphatic rings. The Morgan fingerprint density at radius 1 is 0.923 bits per heavy atom. The van der Waals surface area contributed by atoms with Gasteiger partial charge >= 0.3 is 0 Å². The minimum absolute atomic E-state index is 0.0214. The maximum absolute atomic E-state index is 13.1. The summed E-state index contributed by atoms with van der Waals surface area (Å²) in [6.07, 6.45) is 1.44. The minimum Gasteiger partial charge on any atom is -0.289 e. The van der Waals surface area contributed by atoms with Crippen LogP contribution in [0.1, 0.15) is 10.5 Å². The van der Waals surface area contributed by atoms with Gasteiger partial charge in [-0.05, 0) is 24.3 Å². The number of carbonyl (C=O) groups is 1. The molecule has 0 saturated carbocycles. The Bertz CT molecular complexity index is 1150. The molecule has 2 aromatic heterocycles. The molecule has 4 aromatic rings. The van der Waals surface area contributed by atoms with Crippen LogP contribution in [0.15, 0.2) is 71.7 Å². The van der Waals surface area contributed by atoms with Crippen LogP contribution in [0.3, 0.4) is 0 Å². The zero-order valence-electron chi connectivity index (χ0n) is 13.5. The molecule has 3 N–H and O–H groups in total. The van der Waals surface area contributed by atoms with Crippen molar-refractivity contribution in [1.82, 2.24) is 25.0 Å². The second-order valence-corrected chi connectivity index (χ2v) is 5.53. The largest absolute Gasteiger partial charge is 0.298 e. The van der Waals surface area contributed by atoms with Crippen molar-refractivity contribution in [2.75, 3.05) is 0 Å². The lowest BCUT2D eigenvalue weighted by Crippen LogP contribution is -2.34. The summed E-state index contributed by atoms with van der Waals surface area (Å²) in [5.41, 5.74) is 3.18. The fourth-order valence-corrected chi connectivity index (χ4v) is 2.77. The Balaban J connectivity index is 2.10. The molecular weight excluding hydrogens is 332 g/mol. The first-order chi connectivity index (χ1) is 12.7. The van der Waals surface area contributed by atoms with Crippen LogP contribution in [0.2, 0.25) is 0 Å². The van der Waals surface area contributed by atoms with Crippen molar-refractivity contribution in [2.45, 2.75) is 0 Å². The van der Waals surface area contributed by atoms with Crippen molar-refractivity contribution in [2.24, 2.45) is 5.84 Å². The quantitative estimate of drug-likeness (QED) is 0.329. The number of para-hydroxylation sites is 2. The summed E-state index contributed by atoms with van der Waals surface area (Å²) in [4.78, 5) is 25.3. The van der Waals surface area contributed by atoms with Gasteiger partial charge in [-0.3, -0.25) is 15.0 Å². The van der Waals surface area contributed by atoms with E-state index >= 15 is 0 Å². The van der Waals surface area contributed by atoms with Gasteiger partial charge in [-0.1, -0.05) is 36.4 Å². The highest BCUT2D eigenvalue weighted by Gasteiger charge is 2.21. The number of aromatic nitrogens is 4. The van der Waals surface area contributed by atoms with Gasteiger partial charge in [-0.15, -0.1) is 0 Å². The Morgan fingerprint density at radius 2 is 1.50 bits per heavy atom. The van der Waals surface area contributed by atoms with Gasteiger partial charge in [0.1, 0.15) is 5.52 Å². The molecule has 0 saturated heterocycles. The number of amides is 1. The lowest BCUT2D eigenvalue weighted by molar-refractivity contribution is 0.0949. The summed E-state index contributed by atoms with van der Waals surface area (Å²) in [6.45, 7) is 0. The van der Waals surface area contributed by atoms with E-state index in [9.17, 15) is 9.59 Å². The lowest BCUT2D eigenvalue weighted by atomic mass is 10.2. The van der Waals surface area contributed by atoms with Gasteiger partial charge in [0.15, 0.2) is 5.69 Å². The highest BCUT2D eigenvalue weighted by atomic mass is 16.2. The molecule has 2 aromatic carbocycles. The van der Waals surface area contributed by atoms with Crippen LogP contribution >= 0.6 is 0 Å². The summed E-state index contributed by atoms with van der Waals surface area (Å²) in [5, 5.41) is 8.82. The van der Waals surface area contributed by atoms with Crippen molar-refractivity contribution < 1.29 is 4.79 Å². The normalized spacial score (nSPS) is 10.8. The van der Waals surface area contributed by atoms with E-state index in [0.717, 1.165) is 0 Å². The van der Waals surface area contributed by atoms with E-state index in [-0.39, 0.29) is 16.8 Å². The Labute approximate surface area is 147 Å². The van der Waals surface area contributed by atoms with Gasteiger partial charge in [0.05, 0.1) is 23.0 Å². The highest BCUT2D eigenvalue weighted by molar-refractivity contribution is 6.04. The van der Waals surface area contributed by atoms with Crippen molar-refractivity contribution in [1.29, 1.82) is 0 Å². The molecule has 0 fully saturated rings. The second kappa shape index (κ2) is 6.26. The van der Waals surface area contributed by atoms with Gasteiger partial charge in [-0.2, -0.15) is 14.9 Å². The zero-order valence-corrected chi connectivity index (χ0v) is 13.5. The molecule has 8 heteroatoms. The maximum Gasteiger partial charge on any atom is 0.298 e. The average molecular weight is 346 g/mol. The van der Waals surface area contributed by atoms with Crippen molar-refractivity contribution in [3.8, 4) is 11.4 Å². The van der Waals surface area contributed by atoms with Gasteiger partial charge < -0.3 is 0 Å². The number of carbonyl (C=O) groups excluding carboxylic acids is 1. The van der Waals surface area contributed by atoms with E-state index in [0.29, 0.717) is 16.8 Å². The van der Waals surface area contributed by atoms with Gasteiger partial charge in [0, 0.05) is 0 Å². The fourth-order valence-electron chi connectivity index (χ4n) is 2.77. The molecule has 0 radical (unpaired) electrons. The molecule has 0 bridgehead atoms. The number of hydrazine groups is 1.